The Labute approximate surface area is 278 Å². The zero-order chi connectivity index (χ0) is 34.8. The van der Waals surface area contributed by atoms with E-state index in [1.807, 2.05) is 68.6 Å². The van der Waals surface area contributed by atoms with Gasteiger partial charge in [0.25, 0.3) is 0 Å². The molecule has 3 amide bonds. The number of nitrogens with zero attached hydrogens (tertiary/aromatic N) is 1. The molecule has 4 unspecified atom stereocenters. The summed E-state index contributed by atoms with van der Waals surface area (Å²) < 4.78 is 0. The average Bonchev–Trinajstić information content (AvgIpc) is 3.65. The third kappa shape index (κ3) is 9.58. The summed E-state index contributed by atoms with van der Waals surface area (Å²) in [7, 11) is 0. The van der Waals surface area contributed by atoms with E-state index in [2.05, 4.69) is 30.9 Å². The van der Waals surface area contributed by atoms with E-state index in [1.165, 1.54) is 0 Å². The Bertz CT molecular complexity index is 1760. The number of aliphatic carboxylic acids is 1. The summed E-state index contributed by atoms with van der Waals surface area (Å²) >= 11 is 0. The van der Waals surface area contributed by atoms with Crippen LogP contribution < -0.4 is 33.2 Å². The van der Waals surface area contributed by atoms with Crippen molar-refractivity contribution in [3.63, 3.8) is 0 Å². The van der Waals surface area contributed by atoms with Gasteiger partial charge in [0.15, 0.2) is 5.96 Å². The Balaban J connectivity index is 1.52. The third-order valence-corrected chi connectivity index (χ3v) is 8.08. The summed E-state index contributed by atoms with van der Waals surface area (Å²) in [4.78, 5) is 63.0. The Morgan fingerprint density at radius 2 is 1.29 bits per heavy atom. The topological polar surface area (TPSA) is 247 Å². The van der Waals surface area contributed by atoms with E-state index < -0.39 is 47.9 Å². The molecule has 0 fully saturated rings. The second kappa shape index (κ2) is 16.5. The molecule has 14 nitrogen and oxygen atoms in total. The predicted molar refractivity (Wildman–Crippen MR) is 185 cm³/mol. The number of carboxylic acid groups (broad SMARTS) is 1. The molecule has 0 aliphatic rings. The number of hydrogen-bond donors (Lipinski definition) is 9. The molecule has 0 spiro atoms. The highest BCUT2D eigenvalue weighted by Gasteiger charge is 2.31. The van der Waals surface area contributed by atoms with Crippen LogP contribution in [0.15, 0.2) is 65.9 Å². The number of amides is 3. The van der Waals surface area contributed by atoms with Gasteiger partial charge in [-0.2, -0.15) is 0 Å². The normalized spacial score (nSPS) is 13.8. The van der Waals surface area contributed by atoms with Gasteiger partial charge >= 0.3 is 5.97 Å². The standard InChI is InChI=1S/C34H45N9O5/c1-19(2)14-28(31(45)41-27(33(47)48)12-7-13-38-34(36)37)43-32(46)29(16-21-18-40-26-11-6-4-9-23(21)26)42-30(44)24(35)15-20-17-39-25-10-5-3-8-22(20)25/h3-6,8-11,17-19,24,27-29,39-40H,7,12-16,35H2,1-2H3,(H,41,45)(H,42,44)(H,43,46)(H,47,48)(H4,36,37,38). The van der Waals surface area contributed by atoms with Crippen LogP contribution in [0.1, 0.15) is 44.2 Å². The fraction of sp³-hybridized carbons (Fsp3) is 0.382. The minimum absolute atomic E-state index is 0.0301. The summed E-state index contributed by atoms with van der Waals surface area (Å²) in [6.07, 6.45) is 4.55. The lowest BCUT2D eigenvalue weighted by molar-refractivity contribution is -0.142. The van der Waals surface area contributed by atoms with Crippen molar-refractivity contribution in [3.8, 4) is 0 Å². The average molecular weight is 660 g/mol. The SMILES string of the molecule is CC(C)CC(NC(=O)C(Cc1c[nH]c2ccccc12)NC(=O)C(N)Cc1c[nH]c2ccccc12)C(=O)NC(CCCN=C(N)N)C(=O)O. The molecule has 4 aromatic rings. The smallest absolute Gasteiger partial charge is 0.326 e. The largest absolute Gasteiger partial charge is 0.480 e. The lowest BCUT2D eigenvalue weighted by Crippen LogP contribution is -2.58. The van der Waals surface area contributed by atoms with E-state index in [0.717, 1.165) is 32.9 Å². The quantitative estimate of drug-likeness (QED) is 0.0454. The number of carbonyl (C=O) groups excluding carboxylic acids is 3. The van der Waals surface area contributed by atoms with Gasteiger partial charge in [0.1, 0.15) is 18.1 Å². The monoisotopic (exact) mass is 659 g/mol. The van der Waals surface area contributed by atoms with Crippen LogP contribution in [-0.4, -0.2) is 75.4 Å². The van der Waals surface area contributed by atoms with E-state index in [4.69, 9.17) is 17.2 Å². The first kappa shape index (κ1) is 35.5. The van der Waals surface area contributed by atoms with Gasteiger partial charge in [-0.25, -0.2) is 4.79 Å². The highest BCUT2D eigenvalue weighted by atomic mass is 16.4. The summed E-state index contributed by atoms with van der Waals surface area (Å²) in [5.74, 6) is -3.16. The van der Waals surface area contributed by atoms with Crippen molar-refractivity contribution < 1.29 is 24.3 Å². The van der Waals surface area contributed by atoms with Gasteiger partial charge in [-0.3, -0.25) is 19.4 Å². The number of rotatable bonds is 17. The second-order valence-corrected chi connectivity index (χ2v) is 12.3. The van der Waals surface area contributed by atoms with Crippen LogP contribution in [0.25, 0.3) is 21.8 Å². The first-order chi connectivity index (χ1) is 22.9. The number of carboxylic acids is 1. The first-order valence-corrected chi connectivity index (χ1v) is 16.0. The number of para-hydroxylation sites is 2. The molecule has 256 valence electrons. The molecule has 2 heterocycles. The van der Waals surface area contributed by atoms with Gasteiger partial charge in [-0.05, 0) is 54.9 Å². The van der Waals surface area contributed by atoms with Crippen molar-refractivity contribution in [1.29, 1.82) is 0 Å². The Kier molecular flexibility index (Phi) is 12.2. The molecule has 0 aliphatic carbocycles. The van der Waals surface area contributed by atoms with Crippen molar-refractivity contribution in [2.75, 3.05) is 6.54 Å². The number of guanidine groups is 1. The number of fused-ring (bicyclic) bond motifs is 2. The summed E-state index contributed by atoms with van der Waals surface area (Å²) in [6.45, 7) is 3.96. The van der Waals surface area contributed by atoms with Gasteiger partial charge < -0.3 is 48.2 Å². The van der Waals surface area contributed by atoms with Crippen molar-refractivity contribution in [2.45, 2.75) is 70.1 Å². The minimum Gasteiger partial charge on any atom is -0.480 e. The maximum atomic E-state index is 13.9. The van der Waals surface area contributed by atoms with Crippen LogP contribution in [0.3, 0.4) is 0 Å². The maximum Gasteiger partial charge on any atom is 0.326 e. The first-order valence-electron chi connectivity index (χ1n) is 16.0. The molecule has 0 radical (unpaired) electrons. The van der Waals surface area contributed by atoms with Gasteiger partial charge in [0, 0.05) is 47.2 Å². The van der Waals surface area contributed by atoms with Gasteiger partial charge in [-0.15, -0.1) is 0 Å². The number of aliphatic imine (C=N–C) groups is 1. The fourth-order valence-corrected chi connectivity index (χ4v) is 5.65. The minimum atomic E-state index is -1.23. The highest BCUT2D eigenvalue weighted by molar-refractivity contribution is 5.95. The van der Waals surface area contributed by atoms with Gasteiger partial charge in [0.2, 0.25) is 17.7 Å². The Morgan fingerprint density at radius 3 is 1.85 bits per heavy atom. The summed E-state index contributed by atoms with van der Waals surface area (Å²) in [5.41, 5.74) is 20.5. The molecule has 48 heavy (non-hydrogen) atoms. The van der Waals surface area contributed by atoms with Gasteiger partial charge in [0.05, 0.1) is 6.04 Å². The number of hydrogen-bond acceptors (Lipinski definition) is 6. The number of H-pyrrole nitrogens is 2. The Morgan fingerprint density at radius 1 is 0.771 bits per heavy atom. The summed E-state index contributed by atoms with van der Waals surface area (Å²) in [6, 6.07) is 10.9. The molecule has 0 bridgehead atoms. The number of carbonyl (C=O) groups is 4. The van der Waals surface area contributed by atoms with Crippen LogP contribution in [0.4, 0.5) is 0 Å². The molecule has 4 rings (SSSR count). The van der Waals surface area contributed by atoms with Crippen LogP contribution in [0, 0.1) is 5.92 Å². The molecule has 0 saturated carbocycles. The number of aromatic nitrogens is 2. The lowest BCUT2D eigenvalue weighted by atomic mass is 9.99. The lowest BCUT2D eigenvalue weighted by Gasteiger charge is -2.26. The molecule has 4 atom stereocenters. The zero-order valence-electron chi connectivity index (χ0n) is 27.2. The van der Waals surface area contributed by atoms with Crippen LogP contribution in [-0.2, 0) is 32.0 Å². The molecule has 2 aromatic heterocycles. The van der Waals surface area contributed by atoms with E-state index in [-0.39, 0.29) is 44.1 Å². The van der Waals surface area contributed by atoms with Crippen LogP contribution in [0.2, 0.25) is 0 Å². The summed E-state index contributed by atoms with van der Waals surface area (Å²) in [5, 5.41) is 19.7. The number of benzene rings is 2. The number of nitrogens with two attached hydrogens (primary N) is 3. The second-order valence-electron chi connectivity index (χ2n) is 12.3. The predicted octanol–water partition coefficient (Wildman–Crippen LogP) is 1.40. The molecule has 12 N–H and O–H groups in total. The van der Waals surface area contributed by atoms with Crippen LogP contribution >= 0.6 is 0 Å². The van der Waals surface area contributed by atoms with E-state index in [9.17, 15) is 24.3 Å². The highest BCUT2D eigenvalue weighted by Crippen LogP contribution is 2.21. The maximum absolute atomic E-state index is 13.9. The fourth-order valence-electron chi connectivity index (χ4n) is 5.65. The molecular formula is C34H45N9O5. The molecule has 0 saturated heterocycles. The Hall–Kier alpha value is -5.37. The number of nitrogens with one attached hydrogen (secondary N) is 5. The zero-order valence-corrected chi connectivity index (χ0v) is 27.2. The molecule has 2 aromatic carbocycles. The van der Waals surface area contributed by atoms with Crippen molar-refractivity contribution in [2.24, 2.45) is 28.1 Å². The van der Waals surface area contributed by atoms with Crippen molar-refractivity contribution in [3.05, 3.63) is 72.1 Å². The van der Waals surface area contributed by atoms with Crippen molar-refractivity contribution >= 4 is 51.5 Å². The van der Waals surface area contributed by atoms with E-state index >= 15 is 0 Å². The van der Waals surface area contributed by atoms with Gasteiger partial charge in [-0.1, -0.05) is 50.2 Å². The van der Waals surface area contributed by atoms with E-state index in [0.29, 0.717) is 6.42 Å². The van der Waals surface area contributed by atoms with E-state index in [1.54, 1.807) is 6.20 Å². The molecular weight excluding hydrogens is 614 g/mol. The number of aromatic amines is 2. The molecule has 14 heteroatoms. The third-order valence-electron chi connectivity index (χ3n) is 8.08. The van der Waals surface area contributed by atoms with Crippen molar-refractivity contribution in [1.82, 2.24) is 25.9 Å². The molecule has 0 aliphatic heterocycles. The van der Waals surface area contributed by atoms with Crippen LogP contribution in [0.5, 0.6) is 0 Å².